The summed E-state index contributed by atoms with van der Waals surface area (Å²) in [5.41, 5.74) is 3.61. The highest BCUT2D eigenvalue weighted by Gasteiger charge is 2.00. The van der Waals surface area contributed by atoms with Crippen molar-refractivity contribution in [1.82, 2.24) is 10.2 Å². The Hall–Kier alpha value is -2.39. The zero-order chi connectivity index (χ0) is 14.5. The van der Waals surface area contributed by atoms with Gasteiger partial charge < -0.3 is 5.32 Å². The highest BCUT2D eigenvalue weighted by atomic mass is 35.5. The molecule has 2 aromatic carbocycles. The van der Waals surface area contributed by atoms with Crippen LogP contribution >= 0.6 is 11.6 Å². The minimum atomic E-state index is 0.395. The standard InChI is InChI=1S/C17H14ClN3/c18-16-9-10-17(21-20-16)19-12-13-5-4-8-15(11-13)14-6-2-1-3-7-14/h1-11H,12H2,(H,19,21). The van der Waals surface area contributed by atoms with Crippen LogP contribution in [0.2, 0.25) is 5.15 Å². The van der Waals surface area contributed by atoms with Crippen LogP contribution in [-0.4, -0.2) is 10.2 Å². The van der Waals surface area contributed by atoms with Gasteiger partial charge in [-0.25, -0.2) is 0 Å². The molecular formula is C17H14ClN3. The number of rotatable bonds is 4. The number of hydrogen-bond acceptors (Lipinski definition) is 3. The fourth-order valence-electron chi connectivity index (χ4n) is 2.09. The minimum absolute atomic E-state index is 0.395. The first-order chi connectivity index (χ1) is 10.3. The predicted molar refractivity (Wildman–Crippen MR) is 86.2 cm³/mol. The van der Waals surface area contributed by atoms with Crippen LogP contribution in [0.15, 0.2) is 66.7 Å². The lowest BCUT2D eigenvalue weighted by molar-refractivity contribution is 1.00. The van der Waals surface area contributed by atoms with Crippen molar-refractivity contribution in [2.24, 2.45) is 0 Å². The fourth-order valence-corrected chi connectivity index (χ4v) is 2.20. The van der Waals surface area contributed by atoms with Crippen molar-refractivity contribution in [3.05, 3.63) is 77.4 Å². The molecule has 0 amide bonds. The third kappa shape index (κ3) is 3.58. The van der Waals surface area contributed by atoms with Gasteiger partial charge in [-0.15, -0.1) is 10.2 Å². The first-order valence-electron chi connectivity index (χ1n) is 6.69. The van der Waals surface area contributed by atoms with Crippen molar-refractivity contribution in [3.8, 4) is 11.1 Å². The second kappa shape index (κ2) is 6.37. The third-order valence-electron chi connectivity index (χ3n) is 3.14. The topological polar surface area (TPSA) is 37.8 Å². The molecule has 3 rings (SSSR count). The summed E-state index contributed by atoms with van der Waals surface area (Å²) >= 11 is 5.72. The Morgan fingerprint density at radius 2 is 1.62 bits per heavy atom. The maximum Gasteiger partial charge on any atom is 0.151 e. The molecule has 21 heavy (non-hydrogen) atoms. The van der Waals surface area contributed by atoms with E-state index in [0.29, 0.717) is 17.5 Å². The fraction of sp³-hybridized carbons (Fsp3) is 0.0588. The van der Waals surface area contributed by atoms with E-state index in [4.69, 9.17) is 11.6 Å². The smallest absolute Gasteiger partial charge is 0.151 e. The van der Waals surface area contributed by atoms with Crippen LogP contribution in [0.4, 0.5) is 5.82 Å². The summed E-state index contributed by atoms with van der Waals surface area (Å²) in [5.74, 6) is 0.713. The Bertz CT molecular complexity index is 712. The van der Waals surface area contributed by atoms with Gasteiger partial charge in [0.25, 0.3) is 0 Å². The zero-order valence-corrected chi connectivity index (χ0v) is 12.1. The average molecular weight is 296 g/mol. The summed E-state index contributed by atoms with van der Waals surface area (Å²) < 4.78 is 0. The Morgan fingerprint density at radius 3 is 2.38 bits per heavy atom. The van der Waals surface area contributed by atoms with E-state index in [0.717, 1.165) is 0 Å². The Morgan fingerprint density at radius 1 is 0.810 bits per heavy atom. The van der Waals surface area contributed by atoms with Crippen LogP contribution in [0.1, 0.15) is 5.56 Å². The van der Waals surface area contributed by atoms with Crippen molar-refractivity contribution in [2.45, 2.75) is 6.54 Å². The molecule has 0 saturated heterocycles. The SMILES string of the molecule is Clc1ccc(NCc2cccc(-c3ccccc3)c2)nn1. The molecule has 0 aliphatic rings. The van der Waals surface area contributed by atoms with Crippen molar-refractivity contribution < 1.29 is 0 Å². The van der Waals surface area contributed by atoms with Gasteiger partial charge in [-0.05, 0) is 34.9 Å². The van der Waals surface area contributed by atoms with E-state index in [1.165, 1.54) is 16.7 Å². The first-order valence-corrected chi connectivity index (χ1v) is 7.06. The lowest BCUT2D eigenvalue weighted by atomic mass is 10.0. The molecule has 0 bridgehead atoms. The molecule has 0 unspecified atom stereocenters. The molecule has 0 spiro atoms. The number of benzene rings is 2. The quantitative estimate of drug-likeness (QED) is 0.775. The molecule has 104 valence electrons. The van der Waals surface area contributed by atoms with Crippen molar-refractivity contribution in [3.63, 3.8) is 0 Å². The molecule has 0 aliphatic heterocycles. The Labute approximate surface area is 128 Å². The van der Waals surface area contributed by atoms with Crippen molar-refractivity contribution in [1.29, 1.82) is 0 Å². The summed E-state index contributed by atoms with van der Waals surface area (Å²) in [7, 11) is 0. The molecule has 0 radical (unpaired) electrons. The van der Waals surface area contributed by atoms with Crippen LogP contribution in [0.3, 0.4) is 0 Å². The molecule has 1 N–H and O–H groups in total. The number of anilines is 1. The number of hydrogen-bond donors (Lipinski definition) is 1. The third-order valence-corrected chi connectivity index (χ3v) is 3.34. The summed E-state index contributed by atoms with van der Waals surface area (Å²) in [5, 5.41) is 11.4. The minimum Gasteiger partial charge on any atom is -0.365 e. The van der Waals surface area contributed by atoms with E-state index in [-0.39, 0.29) is 0 Å². The van der Waals surface area contributed by atoms with Gasteiger partial charge in [-0.1, -0.05) is 60.1 Å². The molecule has 0 aliphatic carbocycles. The van der Waals surface area contributed by atoms with Gasteiger partial charge in [0, 0.05) is 6.54 Å². The normalized spacial score (nSPS) is 10.3. The molecule has 1 heterocycles. The number of halogens is 1. The maximum atomic E-state index is 5.72. The molecule has 4 heteroatoms. The van der Waals surface area contributed by atoms with Crippen LogP contribution in [-0.2, 0) is 6.54 Å². The summed E-state index contributed by atoms with van der Waals surface area (Å²) in [4.78, 5) is 0. The summed E-state index contributed by atoms with van der Waals surface area (Å²) in [6, 6.07) is 22.3. The van der Waals surface area contributed by atoms with Crippen molar-refractivity contribution in [2.75, 3.05) is 5.32 Å². The molecule has 0 fully saturated rings. The van der Waals surface area contributed by atoms with Gasteiger partial charge in [0.2, 0.25) is 0 Å². The second-order valence-electron chi connectivity index (χ2n) is 4.66. The highest BCUT2D eigenvalue weighted by Crippen LogP contribution is 2.20. The predicted octanol–water partition coefficient (Wildman–Crippen LogP) is 4.41. The second-order valence-corrected chi connectivity index (χ2v) is 5.05. The van der Waals surface area contributed by atoms with Gasteiger partial charge in [0.1, 0.15) is 5.82 Å². The zero-order valence-electron chi connectivity index (χ0n) is 11.3. The number of nitrogens with zero attached hydrogens (tertiary/aromatic N) is 2. The van der Waals surface area contributed by atoms with E-state index in [1.54, 1.807) is 6.07 Å². The van der Waals surface area contributed by atoms with Gasteiger partial charge in [-0.2, -0.15) is 0 Å². The van der Waals surface area contributed by atoms with Gasteiger partial charge in [0.15, 0.2) is 5.15 Å². The van der Waals surface area contributed by atoms with Crippen LogP contribution < -0.4 is 5.32 Å². The molecule has 0 saturated carbocycles. The molecule has 3 aromatic rings. The van der Waals surface area contributed by atoms with Crippen LogP contribution in [0, 0.1) is 0 Å². The van der Waals surface area contributed by atoms with E-state index >= 15 is 0 Å². The van der Waals surface area contributed by atoms with Crippen LogP contribution in [0.25, 0.3) is 11.1 Å². The van der Waals surface area contributed by atoms with E-state index in [9.17, 15) is 0 Å². The Balaban J connectivity index is 1.73. The van der Waals surface area contributed by atoms with E-state index < -0.39 is 0 Å². The molecule has 3 nitrogen and oxygen atoms in total. The molecular weight excluding hydrogens is 282 g/mol. The lowest BCUT2D eigenvalue weighted by Gasteiger charge is -2.07. The lowest BCUT2D eigenvalue weighted by Crippen LogP contribution is -2.02. The van der Waals surface area contributed by atoms with Gasteiger partial charge in [-0.3, -0.25) is 0 Å². The summed E-state index contributed by atoms with van der Waals surface area (Å²) in [6.07, 6.45) is 0. The first kappa shape index (κ1) is 13.6. The average Bonchev–Trinajstić information content (AvgIpc) is 2.55. The van der Waals surface area contributed by atoms with E-state index in [1.807, 2.05) is 24.3 Å². The van der Waals surface area contributed by atoms with Gasteiger partial charge >= 0.3 is 0 Å². The largest absolute Gasteiger partial charge is 0.365 e. The summed E-state index contributed by atoms with van der Waals surface area (Å²) in [6.45, 7) is 0.691. The van der Waals surface area contributed by atoms with Gasteiger partial charge in [0.05, 0.1) is 0 Å². The van der Waals surface area contributed by atoms with E-state index in [2.05, 4.69) is 51.9 Å². The highest BCUT2D eigenvalue weighted by molar-refractivity contribution is 6.29. The van der Waals surface area contributed by atoms with Crippen LogP contribution in [0.5, 0.6) is 0 Å². The monoisotopic (exact) mass is 295 g/mol. The maximum absolute atomic E-state index is 5.72. The molecule has 1 aromatic heterocycles. The number of aromatic nitrogens is 2. The Kier molecular flexibility index (Phi) is 4.12. The van der Waals surface area contributed by atoms with Crippen molar-refractivity contribution >= 4 is 17.4 Å². The number of nitrogens with one attached hydrogen (secondary N) is 1. The molecule has 0 atom stereocenters.